The SMILES string of the molecule is CCOC(=O)C(C)Oc1ccc(CNCC(C)C)nc1. The van der Waals surface area contributed by atoms with Crippen LogP contribution >= 0.6 is 0 Å². The Morgan fingerprint density at radius 1 is 1.35 bits per heavy atom. The Morgan fingerprint density at radius 3 is 2.65 bits per heavy atom. The first kappa shape index (κ1) is 16.4. The third kappa shape index (κ3) is 6.02. The van der Waals surface area contributed by atoms with Crippen molar-refractivity contribution in [2.75, 3.05) is 13.2 Å². The molecule has 1 aromatic heterocycles. The molecule has 5 heteroatoms. The average Bonchev–Trinajstić information content (AvgIpc) is 2.40. The largest absolute Gasteiger partial charge is 0.477 e. The molecular formula is C15H24N2O3. The number of esters is 1. The molecule has 20 heavy (non-hydrogen) atoms. The summed E-state index contributed by atoms with van der Waals surface area (Å²) in [5.74, 6) is 0.816. The van der Waals surface area contributed by atoms with Gasteiger partial charge in [-0.3, -0.25) is 4.98 Å². The number of rotatable bonds is 8. The van der Waals surface area contributed by atoms with Gasteiger partial charge in [0.25, 0.3) is 0 Å². The van der Waals surface area contributed by atoms with Crippen molar-refractivity contribution in [3.8, 4) is 5.75 Å². The van der Waals surface area contributed by atoms with Crippen molar-refractivity contribution >= 4 is 5.97 Å². The van der Waals surface area contributed by atoms with Gasteiger partial charge in [0.2, 0.25) is 0 Å². The fraction of sp³-hybridized carbons (Fsp3) is 0.600. The molecule has 0 bridgehead atoms. The monoisotopic (exact) mass is 280 g/mol. The zero-order valence-corrected chi connectivity index (χ0v) is 12.7. The van der Waals surface area contributed by atoms with Gasteiger partial charge >= 0.3 is 5.97 Å². The van der Waals surface area contributed by atoms with E-state index in [-0.39, 0.29) is 5.97 Å². The van der Waals surface area contributed by atoms with Crippen molar-refractivity contribution < 1.29 is 14.3 Å². The second-order valence-electron chi connectivity index (χ2n) is 5.02. The van der Waals surface area contributed by atoms with Crippen LogP contribution in [0.4, 0.5) is 0 Å². The summed E-state index contributed by atoms with van der Waals surface area (Å²) >= 11 is 0. The lowest BCUT2D eigenvalue weighted by atomic mass is 10.2. The Bertz CT molecular complexity index is 404. The normalized spacial score (nSPS) is 12.2. The molecule has 1 N–H and O–H groups in total. The third-order valence-electron chi connectivity index (χ3n) is 2.59. The molecule has 0 aromatic carbocycles. The predicted octanol–water partition coefficient (Wildman–Crippen LogP) is 2.16. The quantitative estimate of drug-likeness (QED) is 0.739. The number of nitrogens with one attached hydrogen (secondary N) is 1. The molecule has 0 saturated carbocycles. The average molecular weight is 280 g/mol. The van der Waals surface area contributed by atoms with Crippen LogP contribution in [0.15, 0.2) is 18.3 Å². The molecule has 1 rings (SSSR count). The molecule has 0 spiro atoms. The zero-order chi connectivity index (χ0) is 15.0. The Labute approximate surface area is 120 Å². The van der Waals surface area contributed by atoms with Crippen molar-refractivity contribution in [2.24, 2.45) is 5.92 Å². The van der Waals surface area contributed by atoms with Gasteiger partial charge in [-0.15, -0.1) is 0 Å². The zero-order valence-electron chi connectivity index (χ0n) is 12.7. The first-order valence-electron chi connectivity index (χ1n) is 7.01. The molecule has 112 valence electrons. The molecule has 0 saturated heterocycles. The van der Waals surface area contributed by atoms with Crippen LogP contribution in [0.1, 0.15) is 33.4 Å². The Balaban J connectivity index is 2.44. The molecular weight excluding hydrogens is 256 g/mol. The molecule has 0 fully saturated rings. The fourth-order valence-electron chi connectivity index (χ4n) is 1.59. The van der Waals surface area contributed by atoms with Crippen LogP contribution < -0.4 is 10.1 Å². The van der Waals surface area contributed by atoms with Gasteiger partial charge in [0.15, 0.2) is 6.10 Å². The fourth-order valence-corrected chi connectivity index (χ4v) is 1.59. The van der Waals surface area contributed by atoms with E-state index in [1.165, 1.54) is 0 Å². The maximum atomic E-state index is 11.4. The minimum Gasteiger partial charge on any atom is -0.477 e. The minimum atomic E-state index is -0.623. The van der Waals surface area contributed by atoms with E-state index in [9.17, 15) is 4.79 Å². The Kier molecular flexibility index (Phi) is 7.01. The van der Waals surface area contributed by atoms with Crippen LogP contribution in [-0.2, 0) is 16.1 Å². The molecule has 1 atom stereocenters. The number of carbonyl (C=O) groups excluding carboxylic acids is 1. The summed E-state index contributed by atoms with van der Waals surface area (Å²) in [5, 5.41) is 3.32. The maximum Gasteiger partial charge on any atom is 0.347 e. The van der Waals surface area contributed by atoms with Crippen LogP contribution in [0.3, 0.4) is 0 Å². The summed E-state index contributed by atoms with van der Waals surface area (Å²) in [6.07, 6.45) is 1.00. The number of aromatic nitrogens is 1. The van der Waals surface area contributed by atoms with Gasteiger partial charge in [-0.1, -0.05) is 13.8 Å². The lowest BCUT2D eigenvalue weighted by molar-refractivity contribution is -0.150. The second-order valence-corrected chi connectivity index (χ2v) is 5.02. The first-order chi connectivity index (χ1) is 9.52. The van der Waals surface area contributed by atoms with Crippen LogP contribution in [0.25, 0.3) is 0 Å². The Hall–Kier alpha value is -1.62. The predicted molar refractivity (Wildman–Crippen MR) is 77.5 cm³/mol. The van der Waals surface area contributed by atoms with Gasteiger partial charge in [-0.05, 0) is 38.4 Å². The van der Waals surface area contributed by atoms with Gasteiger partial charge in [0.05, 0.1) is 18.5 Å². The molecule has 0 amide bonds. The Morgan fingerprint density at radius 2 is 2.10 bits per heavy atom. The molecule has 5 nitrogen and oxygen atoms in total. The van der Waals surface area contributed by atoms with Gasteiger partial charge in [0, 0.05) is 6.54 Å². The smallest absolute Gasteiger partial charge is 0.347 e. The van der Waals surface area contributed by atoms with Crippen molar-refractivity contribution in [2.45, 2.75) is 40.3 Å². The molecule has 0 radical (unpaired) electrons. The van der Waals surface area contributed by atoms with E-state index >= 15 is 0 Å². The first-order valence-corrected chi connectivity index (χ1v) is 7.01. The third-order valence-corrected chi connectivity index (χ3v) is 2.59. The summed E-state index contributed by atoms with van der Waals surface area (Å²) in [6, 6.07) is 3.70. The van der Waals surface area contributed by atoms with E-state index in [0.717, 1.165) is 18.8 Å². The molecule has 0 aliphatic carbocycles. The summed E-state index contributed by atoms with van der Waals surface area (Å²) in [6.45, 7) is 9.79. The number of pyridine rings is 1. The van der Waals surface area contributed by atoms with E-state index in [1.54, 1.807) is 20.0 Å². The van der Waals surface area contributed by atoms with Crippen LogP contribution in [-0.4, -0.2) is 30.2 Å². The standard InChI is InChI=1S/C15H24N2O3/c1-5-19-15(18)12(4)20-14-7-6-13(17-10-14)9-16-8-11(2)3/h6-7,10-12,16H,5,8-9H2,1-4H3. The highest BCUT2D eigenvalue weighted by Crippen LogP contribution is 2.12. The summed E-state index contributed by atoms with van der Waals surface area (Å²) in [5.41, 5.74) is 0.946. The van der Waals surface area contributed by atoms with Crippen molar-refractivity contribution in [3.05, 3.63) is 24.0 Å². The van der Waals surface area contributed by atoms with Gasteiger partial charge in [-0.2, -0.15) is 0 Å². The van der Waals surface area contributed by atoms with E-state index in [0.29, 0.717) is 18.3 Å². The lowest BCUT2D eigenvalue weighted by Crippen LogP contribution is -2.26. The summed E-state index contributed by atoms with van der Waals surface area (Å²) < 4.78 is 10.3. The second kappa shape index (κ2) is 8.53. The number of hydrogen-bond donors (Lipinski definition) is 1. The minimum absolute atomic E-state index is 0.352. The van der Waals surface area contributed by atoms with E-state index in [1.807, 2.05) is 12.1 Å². The molecule has 0 aliphatic rings. The summed E-state index contributed by atoms with van der Waals surface area (Å²) in [4.78, 5) is 15.7. The van der Waals surface area contributed by atoms with Gasteiger partial charge in [-0.25, -0.2) is 4.79 Å². The van der Waals surface area contributed by atoms with E-state index in [2.05, 4.69) is 24.1 Å². The van der Waals surface area contributed by atoms with Crippen molar-refractivity contribution in [1.82, 2.24) is 10.3 Å². The molecule has 1 unspecified atom stereocenters. The highest BCUT2D eigenvalue weighted by molar-refractivity contribution is 5.74. The molecule has 1 heterocycles. The van der Waals surface area contributed by atoms with Crippen molar-refractivity contribution in [3.63, 3.8) is 0 Å². The number of ether oxygens (including phenoxy) is 2. The number of hydrogen-bond acceptors (Lipinski definition) is 5. The number of nitrogens with zero attached hydrogens (tertiary/aromatic N) is 1. The topological polar surface area (TPSA) is 60.5 Å². The van der Waals surface area contributed by atoms with Gasteiger partial charge in [0.1, 0.15) is 5.75 Å². The highest BCUT2D eigenvalue weighted by Gasteiger charge is 2.15. The maximum absolute atomic E-state index is 11.4. The molecule has 1 aromatic rings. The lowest BCUT2D eigenvalue weighted by Gasteiger charge is -2.13. The molecule has 0 aliphatic heterocycles. The van der Waals surface area contributed by atoms with Crippen molar-refractivity contribution in [1.29, 1.82) is 0 Å². The van der Waals surface area contributed by atoms with Gasteiger partial charge < -0.3 is 14.8 Å². The van der Waals surface area contributed by atoms with Crippen LogP contribution in [0, 0.1) is 5.92 Å². The number of carbonyl (C=O) groups is 1. The van der Waals surface area contributed by atoms with Crippen LogP contribution in [0.5, 0.6) is 5.75 Å². The van der Waals surface area contributed by atoms with Crippen LogP contribution in [0.2, 0.25) is 0 Å². The van der Waals surface area contributed by atoms with E-state index in [4.69, 9.17) is 9.47 Å². The van der Waals surface area contributed by atoms with E-state index < -0.39 is 6.10 Å². The summed E-state index contributed by atoms with van der Waals surface area (Å²) in [7, 11) is 0. The highest BCUT2D eigenvalue weighted by atomic mass is 16.6.